The van der Waals surface area contributed by atoms with Gasteiger partial charge < -0.3 is 10.2 Å². The van der Waals surface area contributed by atoms with Crippen molar-refractivity contribution < 1.29 is 9.21 Å². The van der Waals surface area contributed by atoms with Crippen LogP contribution in [0.25, 0.3) is 28.1 Å². The minimum Gasteiger partial charge on any atom is -0.454 e. The maximum absolute atomic E-state index is 10.8. The Balaban J connectivity index is 1.81. The molecule has 0 saturated heterocycles. The maximum Gasteiger partial charge on any atom is 0.332 e. The summed E-state index contributed by atoms with van der Waals surface area (Å²) >= 11 is 0. The van der Waals surface area contributed by atoms with E-state index in [1.807, 2.05) is 66.9 Å². The summed E-state index contributed by atoms with van der Waals surface area (Å²) < 4.78 is 7.65. The average Bonchev–Trinajstić information content (AvgIpc) is 3.26. The van der Waals surface area contributed by atoms with Crippen LogP contribution >= 0.6 is 0 Å². The number of hydrazone groups is 1. The van der Waals surface area contributed by atoms with Gasteiger partial charge in [0.2, 0.25) is 0 Å². The normalized spacial score (nSPS) is 11.2. The molecule has 2 aromatic carbocycles. The molecule has 0 aliphatic rings. The Morgan fingerprint density at radius 1 is 1.15 bits per heavy atom. The Kier molecular flexibility index (Phi) is 3.95. The number of carbonyl (C=O) groups is 1. The van der Waals surface area contributed by atoms with Gasteiger partial charge in [-0.15, -0.1) is 0 Å². The number of amides is 2. The Bertz CT molecular complexity index is 1060. The minimum atomic E-state index is -0.734. The summed E-state index contributed by atoms with van der Waals surface area (Å²) in [4.78, 5) is 10.8. The molecule has 2 aromatic heterocycles. The monoisotopic (exact) mass is 345 g/mol. The fraction of sp³-hybridized carbons (Fsp3) is 0. The van der Waals surface area contributed by atoms with Crippen LogP contribution in [0.5, 0.6) is 0 Å². The van der Waals surface area contributed by atoms with E-state index in [9.17, 15) is 4.79 Å². The minimum absolute atomic E-state index is 0.611. The molecule has 0 saturated carbocycles. The van der Waals surface area contributed by atoms with Crippen LogP contribution in [0.3, 0.4) is 0 Å². The Morgan fingerprint density at radius 2 is 1.92 bits per heavy atom. The Morgan fingerprint density at radius 3 is 2.69 bits per heavy atom. The highest BCUT2D eigenvalue weighted by molar-refractivity contribution is 5.91. The van der Waals surface area contributed by atoms with Crippen LogP contribution in [0.4, 0.5) is 4.79 Å². The number of nitrogens with one attached hydrogen (secondary N) is 1. The van der Waals surface area contributed by atoms with Crippen LogP contribution in [0, 0.1) is 0 Å². The molecule has 4 aromatic rings. The first-order valence-electron chi connectivity index (χ1n) is 7.93. The first-order chi connectivity index (χ1) is 12.7. The fourth-order valence-corrected chi connectivity index (χ4v) is 2.65. The standard InChI is InChI=1S/C19H15N5O2/c20-19(25)22-21-11-14-12-24(15-7-2-1-3-8-15)23-18(14)17-10-13-6-4-5-9-16(13)26-17/h1-12H,(H3,20,22,25). The summed E-state index contributed by atoms with van der Waals surface area (Å²) in [5.41, 5.74) is 10.2. The van der Waals surface area contributed by atoms with E-state index in [2.05, 4.69) is 15.6 Å². The summed E-state index contributed by atoms with van der Waals surface area (Å²) in [6.07, 6.45) is 3.30. The number of carbonyl (C=O) groups excluding carboxylic acids is 1. The fourth-order valence-electron chi connectivity index (χ4n) is 2.65. The predicted molar refractivity (Wildman–Crippen MR) is 99.1 cm³/mol. The molecule has 0 aliphatic carbocycles. The van der Waals surface area contributed by atoms with Crippen LogP contribution in [-0.4, -0.2) is 22.0 Å². The van der Waals surface area contributed by atoms with Crippen molar-refractivity contribution in [2.24, 2.45) is 10.8 Å². The van der Waals surface area contributed by atoms with Gasteiger partial charge in [0, 0.05) is 17.1 Å². The predicted octanol–water partition coefficient (Wildman–Crippen LogP) is 3.29. The third kappa shape index (κ3) is 3.05. The van der Waals surface area contributed by atoms with Crippen molar-refractivity contribution in [1.82, 2.24) is 15.2 Å². The second-order valence-electron chi connectivity index (χ2n) is 5.60. The van der Waals surface area contributed by atoms with Gasteiger partial charge in [-0.25, -0.2) is 14.9 Å². The number of urea groups is 1. The molecular formula is C19H15N5O2. The first-order valence-corrected chi connectivity index (χ1v) is 7.93. The number of nitrogens with two attached hydrogens (primary N) is 1. The van der Waals surface area contributed by atoms with Crippen LogP contribution in [0.2, 0.25) is 0 Å². The lowest BCUT2D eigenvalue weighted by Crippen LogP contribution is -2.24. The SMILES string of the molecule is NC(=O)NN=Cc1cn(-c2ccccc2)nc1-c1cc2ccccc2o1. The number of para-hydroxylation sites is 2. The van der Waals surface area contributed by atoms with Gasteiger partial charge in [0.15, 0.2) is 5.76 Å². The molecule has 2 heterocycles. The number of hydrogen-bond donors (Lipinski definition) is 2. The summed E-state index contributed by atoms with van der Waals surface area (Å²) in [6, 6.07) is 18.6. The van der Waals surface area contributed by atoms with E-state index in [0.29, 0.717) is 17.0 Å². The number of nitrogens with zero attached hydrogens (tertiary/aromatic N) is 3. The smallest absolute Gasteiger partial charge is 0.332 e. The molecule has 7 heteroatoms. The van der Waals surface area contributed by atoms with E-state index in [4.69, 9.17) is 10.2 Å². The lowest BCUT2D eigenvalue weighted by molar-refractivity contribution is 0.249. The highest BCUT2D eigenvalue weighted by Crippen LogP contribution is 2.29. The van der Waals surface area contributed by atoms with Crippen LogP contribution in [-0.2, 0) is 0 Å². The molecule has 3 N–H and O–H groups in total. The van der Waals surface area contributed by atoms with E-state index in [-0.39, 0.29) is 0 Å². The molecule has 0 aliphatic heterocycles. The van der Waals surface area contributed by atoms with Crippen molar-refractivity contribution in [1.29, 1.82) is 0 Å². The summed E-state index contributed by atoms with van der Waals surface area (Å²) in [5.74, 6) is 0.612. The lowest BCUT2D eigenvalue weighted by Gasteiger charge is -1.98. The lowest BCUT2D eigenvalue weighted by atomic mass is 10.2. The van der Waals surface area contributed by atoms with E-state index in [0.717, 1.165) is 16.7 Å². The van der Waals surface area contributed by atoms with Gasteiger partial charge in [-0.05, 0) is 24.3 Å². The first kappa shape index (κ1) is 15.6. The van der Waals surface area contributed by atoms with Gasteiger partial charge in [0.1, 0.15) is 11.3 Å². The summed E-state index contributed by atoms with van der Waals surface area (Å²) in [5, 5.41) is 9.46. The zero-order chi connectivity index (χ0) is 17.9. The molecule has 0 atom stereocenters. The molecular weight excluding hydrogens is 330 g/mol. The van der Waals surface area contributed by atoms with Crippen molar-refractivity contribution in [2.45, 2.75) is 0 Å². The van der Waals surface area contributed by atoms with Crippen LogP contribution < -0.4 is 11.2 Å². The molecule has 0 unspecified atom stereocenters. The number of rotatable bonds is 4. The molecule has 2 amide bonds. The zero-order valence-electron chi connectivity index (χ0n) is 13.7. The third-order valence-electron chi connectivity index (χ3n) is 3.80. The van der Waals surface area contributed by atoms with Crippen LogP contribution in [0.15, 0.2) is 76.4 Å². The second-order valence-corrected chi connectivity index (χ2v) is 5.60. The maximum atomic E-state index is 10.8. The molecule has 0 bridgehead atoms. The number of primary amides is 1. The Labute approximate surface area is 148 Å². The number of furan rings is 1. The quantitative estimate of drug-likeness (QED) is 0.438. The van der Waals surface area contributed by atoms with Crippen molar-refractivity contribution in [3.05, 3.63) is 72.4 Å². The van der Waals surface area contributed by atoms with Gasteiger partial charge in [0.25, 0.3) is 0 Å². The van der Waals surface area contributed by atoms with Gasteiger partial charge >= 0.3 is 6.03 Å². The van der Waals surface area contributed by atoms with Gasteiger partial charge in [-0.2, -0.15) is 10.2 Å². The number of fused-ring (bicyclic) bond motifs is 1. The topological polar surface area (TPSA) is 98.4 Å². The van der Waals surface area contributed by atoms with Crippen LogP contribution in [0.1, 0.15) is 5.56 Å². The molecule has 0 fully saturated rings. The second kappa shape index (κ2) is 6.56. The summed E-state index contributed by atoms with van der Waals surface area (Å²) in [7, 11) is 0. The van der Waals surface area contributed by atoms with Crippen molar-refractivity contribution in [3.63, 3.8) is 0 Å². The average molecular weight is 345 g/mol. The number of aromatic nitrogens is 2. The number of hydrogen-bond acceptors (Lipinski definition) is 4. The van der Waals surface area contributed by atoms with Crippen molar-refractivity contribution in [2.75, 3.05) is 0 Å². The molecule has 128 valence electrons. The summed E-state index contributed by atoms with van der Waals surface area (Å²) in [6.45, 7) is 0. The van der Waals surface area contributed by atoms with Gasteiger partial charge in [0.05, 0.1) is 11.9 Å². The highest BCUT2D eigenvalue weighted by Gasteiger charge is 2.15. The van der Waals surface area contributed by atoms with Gasteiger partial charge in [-0.3, -0.25) is 0 Å². The molecule has 4 rings (SSSR count). The molecule has 7 nitrogen and oxygen atoms in total. The molecule has 0 radical (unpaired) electrons. The van der Waals surface area contributed by atoms with E-state index in [1.54, 1.807) is 4.68 Å². The zero-order valence-corrected chi connectivity index (χ0v) is 13.7. The van der Waals surface area contributed by atoms with Gasteiger partial charge in [-0.1, -0.05) is 36.4 Å². The van der Waals surface area contributed by atoms with E-state index < -0.39 is 6.03 Å². The van der Waals surface area contributed by atoms with E-state index in [1.165, 1.54) is 6.21 Å². The highest BCUT2D eigenvalue weighted by atomic mass is 16.3. The van der Waals surface area contributed by atoms with Crippen molar-refractivity contribution in [3.8, 4) is 17.1 Å². The Hall–Kier alpha value is -3.87. The molecule has 26 heavy (non-hydrogen) atoms. The third-order valence-corrected chi connectivity index (χ3v) is 3.80. The van der Waals surface area contributed by atoms with E-state index >= 15 is 0 Å². The van der Waals surface area contributed by atoms with Crippen molar-refractivity contribution >= 4 is 23.2 Å². The number of benzene rings is 2. The largest absolute Gasteiger partial charge is 0.454 e. The molecule has 0 spiro atoms.